The van der Waals surface area contributed by atoms with Gasteiger partial charge in [-0.25, -0.2) is 4.98 Å². The van der Waals surface area contributed by atoms with E-state index in [1.165, 1.54) is 0 Å². The second-order valence-corrected chi connectivity index (χ2v) is 4.78. The van der Waals surface area contributed by atoms with Crippen LogP contribution in [0.15, 0.2) is 24.3 Å². The largest absolute Gasteiger partial charge is 0.481 e. The van der Waals surface area contributed by atoms with Crippen molar-refractivity contribution >= 4 is 22.5 Å². The van der Waals surface area contributed by atoms with Crippen LogP contribution < -0.4 is 4.74 Å². The molecule has 1 aromatic carbocycles. The lowest BCUT2D eigenvalue weighted by Gasteiger charge is -2.20. The average molecular weight is 252 g/mol. The molecular weight excluding hydrogens is 238 g/mol. The number of ether oxygens (including phenoxy) is 1. The molecule has 0 spiro atoms. The summed E-state index contributed by atoms with van der Waals surface area (Å²) < 4.78 is 5.06. The highest BCUT2D eigenvalue weighted by atomic mass is 35.5. The van der Waals surface area contributed by atoms with Gasteiger partial charge in [0.05, 0.1) is 23.3 Å². The maximum atomic E-state index is 10.0. The summed E-state index contributed by atoms with van der Waals surface area (Å²) >= 11 is 6.28. The molecule has 0 saturated carbocycles. The molecule has 3 nitrogen and oxygen atoms in total. The van der Waals surface area contributed by atoms with Gasteiger partial charge in [0.15, 0.2) is 0 Å². The lowest BCUT2D eigenvalue weighted by atomic mass is 9.96. The standard InChI is InChI=1S/C13H14ClNO2/c1-13(2,16)9-5-6-10-8(12(9)14)4-7-11(15-10)17-3/h4-7,16H,1-3H3. The van der Waals surface area contributed by atoms with Crippen LogP contribution in [0.1, 0.15) is 19.4 Å². The summed E-state index contributed by atoms with van der Waals surface area (Å²) in [4.78, 5) is 4.29. The van der Waals surface area contributed by atoms with E-state index in [0.29, 0.717) is 16.5 Å². The number of rotatable bonds is 2. The van der Waals surface area contributed by atoms with Gasteiger partial charge in [-0.2, -0.15) is 0 Å². The maximum Gasteiger partial charge on any atom is 0.213 e. The Hall–Kier alpha value is -1.32. The smallest absolute Gasteiger partial charge is 0.213 e. The Kier molecular flexibility index (Phi) is 2.98. The van der Waals surface area contributed by atoms with E-state index in [4.69, 9.17) is 16.3 Å². The Bertz CT molecular complexity index is 561. The van der Waals surface area contributed by atoms with Gasteiger partial charge in [0.1, 0.15) is 0 Å². The van der Waals surface area contributed by atoms with E-state index >= 15 is 0 Å². The predicted octanol–water partition coefficient (Wildman–Crippen LogP) is 3.12. The second kappa shape index (κ2) is 4.17. The van der Waals surface area contributed by atoms with Gasteiger partial charge < -0.3 is 9.84 Å². The lowest BCUT2D eigenvalue weighted by molar-refractivity contribution is 0.0788. The molecule has 2 rings (SSSR count). The van der Waals surface area contributed by atoms with Crippen molar-refractivity contribution in [3.05, 3.63) is 34.9 Å². The molecule has 1 aromatic heterocycles. The number of hydrogen-bond donors (Lipinski definition) is 1. The van der Waals surface area contributed by atoms with Crippen LogP contribution >= 0.6 is 11.6 Å². The van der Waals surface area contributed by atoms with E-state index in [0.717, 1.165) is 10.9 Å². The molecule has 0 aliphatic rings. The molecule has 0 fully saturated rings. The summed E-state index contributed by atoms with van der Waals surface area (Å²) in [6.45, 7) is 3.41. The molecule has 0 aliphatic heterocycles. The minimum absolute atomic E-state index is 0.533. The molecule has 1 heterocycles. The van der Waals surface area contributed by atoms with Gasteiger partial charge in [0.2, 0.25) is 5.88 Å². The fourth-order valence-electron chi connectivity index (χ4n) is 1.74. The van der Waals surface area contributed by atoms with Crippen molar-refractivity contribution in [2.45, 2.75) is 19.4 Å². The first-order chi connectivity index (χ1) is 7.93. The molecule has 4 heteroatoms. The highest BCUT2D eigenvalue weighted by molar-refractivity contribution is 6.36. The molecule has 0 atom stereocenters. The number of fused-ring (bicyclic) bond motifs is 1. The third-order valence-corrected chi connectivity index (χ3v) is 3.06. The number of nitrogens with zero attached hydrogens (tertiary/aromatic N) is 1. The van der Waals surface area contributed by atoms with Crippen LogP contribution in [0.25, 0.3) is 10.9 Å². The highest BCUT2D eigenvalue weighted by Gasteiger charge is 2.21. The summed E-state index contributed by atoms with van der Waals surface area (Å²) in [5.41, 5.74) is 0.478. The first-order valence-corrected chi connectivity index (χ1v) is 5.67. The van der Waals surface area contributed by atoms with E-state index in [1.54, 1.807) is 33.1 Å². The molecule has 1 N–H and O–H groups in total. The lowest BCUT2D eigenvalue weighted by Crippen LogP contribution is -2.16. The number of halogens is 1. The molecule has 0 amide bonds. The van der Waals surface area contributed by atoms with Gasteiger partial charge in [-0.15, -0.1) is 0 Å². The van der Waals surface area contributed by atoms with Gasteiger partial charge in [-0.1, -0.05) is 17.7 Å². The van der Waals surface area contributed by atoms with E-state index in [9.17, 15) is 5.11 Å². The van der Waals surface area contributed by atoms with Crippen LogP contribution in [-0.2, 0) is 5.60 Å². The summed E-state index contributed by atoms with van der Waals surface area (Å²) in [7, 11) is 1.57. The first-order valence-electron chi connectivity index (χ1n) is 5.29. The summed E-state index contributed by atoms with van der Waals surface area (Å²) in [6.07, 6.45) is 0. The van der Waals surface area contributed by atoms with Crippen molar-refractivity contribution in [3.8, 4) is 5.88 Å². The van der Waals surface area contributed by atoms with Crippen LogP contribution in [0.3, 0.4) is 0 Å². The molecule has 0 radical (unpaired) electrons. The molecule has 0 saturated heterocycles. The number of methoxy groups -OCH3 is 1. The zero-order valence-electron chi connectivity index (χ0n) is 9.99. The monoisotopic (exact) mass is 251 g/mol. The van der Waals surface area contributed by atoms with Crippen molar-refractivity contribution in [3.63, 3.8) is 0 Å². The highest BCUT2D eigenvalue weighted by Crippen LogP contribution is 2.33. The number of aliphatic hydroxyl groups is 1. The molecule has 0 unspecified atom stereocenters. The number of aromatic nitrogens is 1. The third-order valence-electron chi connectivity index (χ3n) is 2.65. The SMILES string of the molecule is COc1ccc2c(Cl)c(C(C)(C)O)ccc2n1. The van der Waals surface area contributed by atoms with Crippen molar-refractivity contribution in [2.24, 2.45) is 0 Å². The summed E-state index contributed by atoms with van der Waals surface area (Å²) in [6, 6.07) is 7.22. The maximum absolute atomic E-state index is 10.0. The summed E-state index contributed by atoms with van der Waals surface area (Å²) in [5.74, 6) is 0.546. The minimum atomic E-state index is -0.967. The van der Waals surface area contributed by atoms with Gasteiger partial charge in [-0.05, 0) is 26.0 Å². The third kappa shape index (κ3) is 2.21. The Morgan fingerprint density at radius 3 is 2.53 bits per heavy atom. The second-order valence-electron chi connectivity index (χ2n) is 4.41. The van der Waals surface area contributed by atoms with Crippen LogP contribution in [0.4, 0.5) is 0 Å². The fourth-order valence-corrected chi connectivity index (χ4v) is 2.19. The Morgan fingerprint density at radius 2 is 1.94 bits per heavy atom. The Labute approximate surface area is 105 Å². The molecule has 0 aliphatic carbocycles. The van der Waals surface area contributed by atoms with E-state index in [1.807, 2.05) is 12.1 Å². The number of benzene rings is 1. The van der Waals surface area contributed by atoms with Crippen LogP contribution in [0.2, 0.25) is 5.02 Å². The molecule has 17 heavy (non-hydrogen) atoms. The van der Waals surface area contributed by atoms with Gasteiger partial charge in [-0.3, -0.25) is 0 Å². The minimum Gasteiger partial charge on any atom is -0.481 e. The fraction of sp³-hybridized carbons (Fsp3) is 0.308. The van der Waals surface area contributed by atoms with Crippen molar-refractivity contribution in [2.75, 3.05) is 7.11 Å². The number of pyridine rings is 1. The van der Waals surface area contributed by atoms with Crippen molar-refractivity contribution < 1.29 is 9.84 Å². The quantitative estimate of drug-likeness (QED) is 0.892. The predicted molar refractivity (Wildman–Crippen MR) is 68.5 cm³/mol. The van der Waals surface area contributed by atoms with Gasteiger partial charge in [0.25, 0.3) is 0 Å². The van der Waals surface area contributed by atoms with Crippen molar-refractivity contribution in [1.29, 1.82) is 0 Å². The van der Waals surface area contributed by atoms with Crippen LogP contribution in [0.5, 0.6) is 5.88 Å². The normalized spacial score (nSPS) is 11.8. The first kappa shape index (κ1) is 12.1. The topological polar surface area (TPSA) is 42.4 Å². The van der Waals surface area contributed by atoms with E-state index in [-0.39, 0.29) is 0 Å². The Balaban J connectivity index is 2.69. The molecular formula is C13H14ClNO2. The van der Waals surface area contributed by atoms with E-state index < -0.39 is 5.60 Å². The zero-order valence-corrected chi connectivity index (χ0v) is 10.7. The molecule has 0 bridgehead atoms. The van der Waals surface area contributed by atoms with Crippen LogP contribution in [0, 0.1) is 0 Å². The van der Waals surface area contributed by atoms with E-state index in [2.05, 4.69) is 4.98 Å². The van der Waals surface area contributed by atoms with Gasteiger partial charge in [0, 0.05) is 17.0 Å². The number of hydrogen-bond acceptors (Lipinski definition) is 3. The van der Waals surface area contributed by atoms with Crippen molar-refractivity contribution in [1.82, 2.24) is 4.98 Å². The summed E-state index contributed by atoms with van der Waals surface area (Å²) in [5, 5.41) is 11.3. The average Bonchev–Trinajstić information content (AvgIpc) is 2.27. The molecule has 2 aromatic rings. The van der Waals surface area contributed by atoms with Gasteiger partial charge >= 0.3 is 0 Å². The molecule has 90 valence electrons. The van der Waals surface area contributed by atoms with Crippen LogP contribution in [-0.4, -0.2) is 17.2 Å². The zero-order chi connectivity index (χ0) is 12.6. The Morgan fingerprint density at radius 1 is 1.24 bits per heavy atom.